The Balaban J connectivity index is 1.61. The lowest BCUT2D eigenvalue weighted by atomic mass is 10.1. The summed E-state index contributed by atoms with van der Waals surface area (Å²) < 4.78 is 0. The lowest BCUT2D eigenvalue weighted by molar-refractivity contribution is -0.134. The zero-order valence-electron chi connectivity index (χ0n) is 14.0. The lowest BCUT2D eigenvalue weighted by Gasteiger charge is -2.24. The van der Waals surface area contributed by atoms with Crippen molar-refractivity contribution in [3.63, 3.8) is 0 Å². The van der Waals surface area contributed by atoms with Crippen LogP contribution in [-0.2, 0) is 9.59 Å². The minimum atomic E-state index is -0.392. The zero-order chi connectivity index (χ0) is 17.1. The van der Waals surface area contributed by atoms with E-state index in [1.807, 2.05) is 36.1 Å². The second-order valence-electron chi connectivity index (χ2n) is 6.50. The number of nitrogens with one attached hydrogen (secondary N) is 1. The highest BCUT2D eigenvalue weighted by atomic mass is 16.2. The van der Waals surface area contributed by atoms with Crippen LogP contribution in [0.1, 0.15) is 35.2 Å². The molecule has 1 atom stereocenters. The van der Waals surface area contributed by atoms with Gasteiger partial charge in [-0.05, 0) is 31.9 Å². The van der Waals surface area contributed by atoms with Gasteiger partial charge in [-0.1, -0.05) is 17.7 Å². The van der Waals surface area contributed by atoms with Crippen LogP contribution >= 0.6 is 0 Å². The molecule has 2 saturated heterocycles. The Kier molecular flexibility index (Phi) is 4.83. The molecule has 6 heteroatoms. The monoisotopic (exact) mass is 329 g/mol. The first-order valence-electron chi connectivity index (χ1n) is 8.49. The first kappa shape index (κ1) is 16.5. The molecule has 0 aromatic heterocycles. The van der Waals surface area contributed by atoms with Gasteiger partial charge in [0, 0.05) is 38.2 Å². The molecule has 1 aromatic rings. The molecule has 0 bridgehead atoms. The van der Waals surface area contributed by atoms with E-state index < -0.39 is 6.04 Å². The molecule has 1 unspecified atom stereocenters. The summed E-state index contributed by atoms with van der Waals surface area (Å²) in [6.45, 7) is 4.29. The SMILES string of the molecule is Cc1cccc(C(=O)N2CCCN(C(=O)C3CCC(=O)N3)CC2)c1. The van der Waals surface area contributed by atoms with Gasteiger partial charge in [-0.2, -0.15) is 0 Å². The van der Waals surface area contributed by atoms with E-state index in [4.69, 9.17) is 0 Å². The normalized spacial score (nSPS) is 21.4. The van der Waals surface area contributed by atoms with E-state index >= 15 is 0 Å². The van der Waals surface area contributed by atoms with Crippen LogP contribution < -0.4 is 5.32 Å². The first-order chi connectivity index (χ1) is 11.5. The molecule has 24 heavy (non-hydrogen) atoms. The summed E-state index contributed by atoms with van der Waals surface area (Å²) in [6.07, 6.45) is 1.74. The maximum atomic E-state index is 12.6. The summed E-state index contributed by atoms with van der Waals surface area (Å²) in [5, 5.41) is 2.73. The van der Waals surface area contributed by atoms with Gasteiger partial charge in [0.1, 0.15) is 6.04 Å². The smallest absolute Gasteiger partial charge is 0.253 e. The van der Waals surface area contributed by atoms with Crippen LogP contribution in [-0.4, -0.2) is 59.7 Å². The molecule has 6 nitrogen and oxygen atoms in total. The number of aryl methyl sites for hydroxylation is 1. The molecule has 2 heterocycles. The van der Waals surface area contributed by atoms with Gasteiger partial charge in [-0.15, -0.1) is 0 Å². The molecule has 1 N–H and O–H groups in total. The summed E-state index contributed by atoms with van der Waals surface area (Å²) in [6, 6.07) is 7.19. The number of nitrogens with zero attached hydrogens (tertiary/aromatic N) is 2. The average Bonchev–Trinajstić information content (AvgIpc) is 2.86. The standard InChI is InChI=1S/C18H23N3O3/c1-13-4-2-5-14(12-13)17(23)20-8-3-9-21(11-10-20)18(24)15-6-7-16(22)19-15/h2,4-5,12,15H,3,6-11H2,1H3,(H,19,22). The van der Waals surface area contributed by atoms with Crippen molar-refractivity contribution in [3.8, 4) is 0 Å². The maximum Gasteiger partial charge on any atom is 0.253 e. The largest absolute Gasteiger partial charge is 0.344 e. The molecule has 1 aromatic carbocycles. The number of carbonyl (C=O) groups is 3. The Morgan fingerprint density at radius 2 is 1.88 bits per heavy atom. The molecular formula is C18H23N3O3. The molecule has 0 spiro atoms. The second kappa shape index (κ2) is 7.03. The molecular weight excluding hydrogens is 306 g/mol. The fourth-order valence-electron chi connectivity index (χ4n) is 3.32. The number of hydrogen-bond acceptors (Lipinski definition) is 3. The molecule has 128 valence electrons. The van der Waals surface area contributed by atoms with Crippen molar-refractivity contribution in [2.45, 2.75) is 32.2 Å². The van der Waals surface area contributed by atoms with E-state index in [0.717, 1.165) is 12.0 Å². The van der Waals surface area contributed by atoms with E-state index in [2.05, 4.69) is 5.32 Å². The first-order valence-corrected chi connectivity index (χ1v) is 8.49. The van der Waals surface area contributed by atoms with Crippen LogP contribution in [0.5, 0.6) is 0 Å². The van der Waals surface area contributed by atoms with E-state index in [1.165, 1.54) is 0 Å². The Hall–Kier alpha value is -2.37. The summed E-state index contributed by atoms with van der Waals surface area (Å²) >= 11 is 0. The summed E-state index contributed by atoms with van der Waals surface area (Å²) in [7, 11) is 0. The number of hydrogen-bond donors (Lipinski definition) is 1. The summed E-state index contributed by atoms with van der Waals surface area (Å²) in [4.78, 5) is 40.0. The molecule has 2 aliphatic rings. The highest BCUT2D eigenvalue weighted by molar-refractivity contribution is 5.94. The molecule has 2 aliphatic heterocycles. The van der Waals surface area contributed by atoms with Gasteiger partial charge in [0.2, 0.25) is 11.8 Å². The Morgan fingerprint density at radius 3 is 2.58 bits per heavy atom. The zero-order valence-corrected chi connectivity index (χ0v) is 14.0. The summed E-state index contributed by atoms with van der Waals surface area (Å²) in [5.74, 6) is -0.0627. The van der Waals surface area contributed by atoms with Gasteiger partial charge in [0.15, 0.2) is 0 Å². The Labute approximate surface area is 141 Å². The van der Waals surface area contributed by atoms with Crippen molar-refractivity contribution in [2.24, 2.45) is 0 Å². The number of rotatable bonds is 2. The predicted molar refractivity (Wildman–Crippen MR) is 89.4 cm³/mol. The topological polar surface area (TPSA) is 69.7 Å². The minimum Gasteiger partial charge on any atom is -0.344 e. The fraction of sp³-hybridized carbons (Fsp3) is 0.500. The van der Waals surface area contributed by atoms with Crippen LogP contribution in [0.3, 0.4) is 0 Å². The van der Waals surface area contributed by atoms with Crippen LogP contribution in [0, 0.1) is 6.92 Å². The van der Waals surface area contributed by atoms with Crippen molar-refractivity contribution in [1.29, 1.82) is 0 Å². The van der Waals surface area contributed by atoms with Gasteiger partial charge in [-0.3, -0.25) is 14.4 Å². The third kappa shape index (κ3) is 3.58. The number of carbonyl (C=O) groups excluding carboxylic acids is 3. The summed E-state index contributed by atoms with van der Waals surface area (Å²) in [5.41, 5.74) is 1.75. The minimum absolute atomic E-state index is 0.0159. The molecule has 3 rings (SSSR count). The van der Waals surface area contributed by atoms with E-state index in [9.17, 15) is 14.4 Å². The highest BCUT2D eigenvalue weighted by Gasteiger charge is 2.32. The van der Waals surface area contributed by atoms with E-state index in [0.29, 0.717) is 44.6 Å². The molecule has 0 radical (unpaired) electrons. The molecule has 2 fully saturated rings. The van der Waals surface area contributed by atoms with E-state index in [1.54, 1.807) is 4.90 Å². The van der Waals surface area contributed by atoms with Crippen molar-refractivity contribution in [2.75, 3.05) is 26.2 Å². The Morgan fingerprint density at radius 1 is 1.12 bits per heavy atom. The van der Waals surface area contributed by atoms with Crippen LogP contribution in [0.15, 0.2) is 24.3 Å². The highest BCUT2D eigenvalue weighted by Crippen LogP contribution is 2.14. The van der Waals surface area contributed by atoms with Crippen LogP contribution in [0.2, 0.25) is 0 Å². The molecule has 0 saturated carbocycles. The molecule has 3 amide bonds. The maximum absolute atomic E-state index is 12.6. The van der Waals surface area contributed by atoms with Gasteiger partial charge in [-0.25, -0.2) is 0 Å². The number of amides is 3. The van der Waals surface area contributed by atoms with Crippen LogP contribution in [0.25, 0.3) is 0 Å². The second-order valence-corrected chi connectivity index (χ2v) is 6.50. The van der Waals surface area contributed by atoms with Gasteiger partial charge in [0.25, 0.3) is 5.91 Å². The predicted octanol–water partition coefficient (Wildman–Crippen LogP) is 0.948. The van der Waals surface area contributed by atoms with Gasteiger partial charge < -0.3 is 15.1 Å². The third-order valence-corrected chi connectivity index (χ3v) is 4.65. The number of benzene rings is 1. The van der Waals surface area contributed by atoms with Gasteiger partial charge in [0.05, 0.1) is 0 Å². The van der Waals surface area contributed by atoms with Crippen LogP contribution in [0.4, 0.5) is 0 Å². The van der Waals surface area contributed by atoms with Crippen molar-refractivity contribution in [1.82, 2.24) is 15.1 Å². The fourth-order valence-corrected chi connectivity index (χ4v) is 3.32. The van der Waals surface area contributed by atoms with Crippen molar-refractivity contribution in [3.05, 3.63) is 35.4 Å². The molecule has 0 aliphatic carbocycles. The van der Waals surface area contributed by atoms with E-state index in [-0.39, 0.29) is 17.7 Å². The quantitative estimate of drug-likeness (QED) is 0.878. The Bertz CT molecular complexity index is 659. The van der Waals surface area contributed by atoms with Crippen molar-refractivity contribution < 1.29 is 14.4 Å². The average molecular weight is 329 g/mol. The van der Waals surface area contributed by atoms with Crippen molar-refractivity contribution >= 4 is 17.7 Å². The lowest BCUT2D eigenvalue weighted by Crippen LogP contribution is -2.46. The third-order valence-electron chi connectivity index (χ3n) is 4.65. The van der Waals surface area contributed by atoms with Gasteiger partial charge >= 0.3 is 0 Å².